The summed E-state index contributed by atoms with van der Waals surface area (Å²) in [6.45, 7) is 7.34. The molecule has 2 unspecified atom stereocenters. The molecular weight excluding hydrogens is 713 g/mol. The molecule has 0 fully saturated rings. The SMILES string of the molecule is CC(N=NC(=N)N)c1ccc(NC(=O)Nc2ccc(C(C)N=NC(=N)N)cc2)cc1.Cc1ccc(S(=O)(=O)O)cc1.Cc1ccc(S(=O)(=O)O)cc1. The van der Waals surface area contributed by atoms with Gasteiger partial charge in [0.25, 0.3) is 20.2 Å². The lowest BCUT2D eigenvalue weighted by atomic mass is 10.1. The number of rotatable bonds is 8. The normalized spacial score (nSPS) is 12.4. The van der Waals surface area contributed by atoms with Crippen LogP contribution in [-0.2, 0) is 20.2 Å². The third kappa shape index (κ3) is 15.8. The molecule has 0 aromatic heterocycles. The Morgan fingerprint density at radius 3 is 1.13 bits per heavy atom. The van der Waals surface area contributed by atoms with E-state index in [0.717, 1.165) is 22.3 Å². The van der Waals surface area contributed by atoms with Crippen LogP contribution < -0.4 is 22.1 Å². The van der Waals surface area contributed by atoms with Crippen LogP contribution in [0.15, 0.2) is 127 Å². The summed E-state index contributed by atoms with van der Waals surface area (Å²) in [4.78, 5) is 12.1. The number of nitrogens with one attached hydrogen (secondary N) is 4. The molecule has 0 aliphatic carbocycles. The number of aryl methyl sites for hydroxylation is 2. The summed E-state index contributed by atoms with van der Waals surface area (Å²) in [5.41, 5.74) is 15.2. The van der Waals surface area contributed by atoms with Gasteiger partial charge in [0.15, 0.2) is 0 Å². The van der Waals surface area contributed by atoms with Gasteiger partial charge in [0.05, 0.1) is 21.9 Å². The zero-order valence-electron chi connectivity index (χ0n) is 28.6. The number of azo groups is 2. The number of urea groups is 1. The first-order chi connectivity index (χ1) is 24.2. The first-order valence-corrected chi connectivity index (χ1v) is 18.0. The number of nitrogens with two attached hydrogens (primary N) is 2. The predicted octanol–water partition coefficient (Wildman–Crippen LogP) is 6.63. The smallest absolute Gasteiger partial charge is 0.323 e. The highest BCUT2D eigenvalue weighted by atomic mass is 32.2. The van der Waals surface area contributed by atoms with Crippen molar-refractivity contribution < 1.29 is 30.7 Å². The van der Waals surface area contributed by atoms with Crippen molar-refractivity contribution in [2.75, 3.05) is 10.6 Å². The van der Waals surface area contributed by atoms with Crippen molar-refractivity contribution in [2.24, 2.45) is 31.9 Å². The molecule has 0 aliphatic heterocycles. The minimum absolute atomic E-state index is 0.0666. The van der Waals surface area contributed by atoms with Gasteiger partial charge in [-0.05, 0) is 87.4 Å². The molecular formula is C33H40N10O7S2. The second kappa shape index (κ2) is 19.5. The standard InChI is InChI=1S/C19H24N10O.2C7H8O3S/c1-11(26-28-17(20)21)13-3-7-15(8-4-13)24-19(30)25-16-9-5-14(6-10-16)12(2)27-29-18(22)23;2*1-6-2-4-7(5-3-6)11(8,9)10/h3-12H,1-2H3,(H3,20,21)(H3,22,23)(H2,24,25,30);2*2-5H,1H3,(H,8,9,10). The molecule has 0 saturated carbocycles. The van der Waals surface area contributed by atoms with Gasteiger partial charge in [0, 0.05) is 11.4 Å². The molecule has 0 radical (unpaired) electrons. The van der Waals surface area contributed by atoms with E-state index in [4.69, 9.17) is 31.4 Å². The number of benzene rings is 4. The Balaban J connectivity index is 0.000000344. The highest BCUT2D eigenvalue weighted by Crippen LogP contribution is 2.21. The van der Waals surface area contributed by atoms with E-state index in [1.807, 2.05) is 52.0 Å². The second-order valence-corrected chi connectivity index (χ2v) is 13.8. The van der Waals surface area contributed by atoms with Crippen LogP contribution in [0.3, 0.4) is 0 Å². The Bertz CT molecular complexity index is 1940. The Kier molecular flexibility index (Phi) is 15.8. The predicted molar refractivity (Wildman–Crippen MR) is 198 cm³/mol. The number of nitrogens with zero attached hydrogens (tertiary/aromatic N) is 4. The summed E-state index contributed by atoms with van der Waals surface area (Å²) in [6, 6.07) is 25.3. The van der Waals surface area contributed by atoms with Gasteiger partial charge in [0.1, 0.15) is 0 Å². The second-order valence-electron chi connectivity index (χ2n) is 11.0. The van der Waals surface area contributed by atoms with Crippen LogP contribution in [0.2, 0.25) is 0 Å². The van der Waals surface area contributed by atoms with Gasteiger partial charge in [-0.2, -0.15) is 27.1 Å². The lowest BCUT2D eigenvalue weighted by Crippen LogP contribution is -2.19. The molecule has 4 aromatic carbocycles. The number of anilines is 2. The maximum absolute atomic E-state index is 12.2. The van der Waals surface area contributed by atoms with Crippen molar-refractivity contribution in [3.05, 3.63) is 119 Å². The molecule has 0 aliphatic rings. The topological polar surface area (TPSA) is 299 Å². The molecule has 4 rings (SSSR count). The summed E-state index contributed by atoms with van der Waals surface area (Å²) in [5.74, 6) is -0.695. The van der Waals surface area contributed by atoms with E-state index in [9.17, 15) is 21.6 Å². The van der Waals surface area contributed by atoms with Crippen LogP contribution >= 0.6 is 0 Å². The van der Waals surface area contributed by atoms with Crippen LogP contribution in [0.1, 0.15) is 48.2 Å². The number of guanidine groups is 2. The summed E-state index contributed by atoms with van der Waals surface area (Å²) in [6.07, 6.45) is 0. The van der Waals surface area contributed by atoms with Crippen molar-refractivity contribution >= 4 is 49.6 Å². The Labute approximate surface area is 301 Å². The summed E-state index contributed by atoms with van der Waals surface area (Å²) in [5, 5.41) is 34.5. The molecule has 17 nitrogen and oxygen atoms in total. The van der Waals surface area contributed by atoms with Crippen LogP contribution in [0.5, 0.6) is 0 Å². The molecule has 19 heteroatoms. The van der Waals surface area contributed by atoms with E-state index in [-0.39, 0.29) is 39.8 Å². The van der Waals surface area contributed by atoms with Crippen LogP contribution in [0.25, 0.3) is 0 Å². The van der Waals surface area contributed by atoms with E-state index in [0.29, 0.717) is 11.4 Å². The van der Waals surface area contributed by atoms with Gasteiger partial charge in [-0.3, -0.25) is 19.9 Å². The highest BCUT2D eigenvalue weighted by molar-refractivity contribution is 7.86. The molecule has 0 spiro atoms. The third-order valence-electron chi connectivity index (χ3n) is 6.62. The van der Waals surface area contributed by atoms with Gasteiger partial charge < -0.3 is 22.1 Å². The highest BCUT2D eigenvalue weighted by Gasteiger charge is 2.09. The third-order valence-corrected chi connectivity index (χ3v) is 8.35. The molecule has 2 atom stereocenters. The van der Waals surface area contributed by atoms with Crippen molar-refractivity contribution in [3.8, 4) is 0 Å². The van der Waals surface area contributed by atoms with E-state index >= 15 is 0 Å². The Morgan fingerprint density at radius 1 is 0.596 bits per heavy atom. The van der Waals surface area contributed by atoms with Gasteiger partial charge in [-0.15, -0.1) is 10.2 Å². The van der Waals surface area contributed by atoms with E-state index < -0.39 is 20.2 Å². The fraction of sp³-hybridized carbons (Fsp3) is 0.182. The van der Waals surface area contributed by atoms with Gasteiger partial charge in [-0.25, -0.2) is 4.79 Å². The number of hydrogen-bond donors (Lipinski definition) is 8. The lowest BCUT2D eigenvalue weighted by molar-refractivity contribution is 0.262. The summed E-state index contributed by atoms with van der Waals surface area (Å²) < 4.78 is 59.1. The van der Waals surface area contributed by atoms with Gasteiger partial charge in [-0.1, -0.05) is 59.7 Å². The Morgan fingerprint density at radius 2 is 0.885 bits per heavy atom. The number of hydrogen-bond acceptors (Lipinski definition) is 9. The quantitative estimate of drug-likeness (QED) is 0.0414. The van der Waals surface area contributed by atoms with Crippen molar-refractivity contribution in [1.29, 1.82) is 10.8 Å². The minimum Gasteiger partial charge on any atom is -0.367 e. The molecule has 52 heavy (non-hydrogen) atoms. The van der Waals surface area contributed by atoms with Gasteiger partial charge in [0.2, 0.25) is 11.9 Å². The maximum Gasteiger partial charge on any atom is 0.323 e. The zero-order valence-corrected chi connectivity index (χ0v) is 30.2. The fourth-order valence-electron chi connectivity index (χ4n) is 3.83. The number of carbonyl (C=O) groups is 1. The van der Waals surface area contributed by atoms with Crippen molar-refractivity contribution in [3.63, 3.8) is 0 Å². The van der Waals surface area contributed by atoms with Crippen LogP contribution in [-0.4, -0.2) is 43.9 Å². The molecule has 0 saturated heterocycles. The average Bonchev–Trinajstić information content (AvgIpc) is 3.07. The Hall–Kier alpha value is -5.89. The van der Waals surface area contributed by atoms with Crippen LogP contribution in [0.4, 0.5) is 16.2 Å². The molecule has 4 aromatic rings. The molecule has 10 N–H and O–H groups in total. The fourth-order valence-corrected chi connectivity index (χ4v) is 4.79. The minimum atomic E-state index is -4.02. The summed E-state index contributed by atoms with van der Waals surface area (Å²) in [7, 11) is -8.04. The number of amides is 2. The molecule has 0 bridgehead atoms. The van der Waals surface area contributed by atoms with E-state index in [1.165, 1.54) is 24.3 Å². The van der Waals surface area contributed by atoms with Gasteiger partial charge >= 0.3 is 6.03 Å². The zero-order chi connectivity index (χ0) is 39.1. The maximum atomic E-state index is 12.2. The van der Waals surface area contributed by atoms with Crippen molar-refractivity contribution in [2.45, 2.75) is 49.6 Å². The largest absolute Gasteiger partial charge is 0.367 e. The van der Waals surface area contributed by atoms with E-state index in [2.05, 4.69) is 31.1 Å². The van der Waals surface area contributed by atoms with Crippen LogP contribution in [0, 0.1) is 24.7 Å². The average molecular weight is 753 g/mol. The lowest BCUT2D eigenvalue weighted by Gasteiger charge is -2.11. The number of carbonyl (C=O) groups excluding carboxylic acids is 1. The monoisotopic (exact) mass is 752 g/mol. The molecule has 276 valence electrons. The summed E-state index contributed by atoms with van der Waals surface area (Å²) >= 11 is 0. The molecule has 0 heterocycles. The first kappa shape index (κ1) is 42.3. The van der Waals surface area contributed by atoms with E-state index in [1.54, 1.807) is 48.5 Å². The molecule has 2 amide bonds. The van der Waals surface area contributed by atoms with Crippen molar-refractivity contribution in [1.82, 2.24) is 0 Å². The first-order valence-electron chi connectivity index (χ1n) is 15.1.